The molecule has 1 fully saturated rings. The van der Waals surface area contributed by atoms with Crippen molar-refractivity contribution >= 4 is 28.5 Å². The number of thiazole rings is 1. The molecule has 82 valence electrons. The molecule has 3 nitrogen and oxygen atoms in total. The lowest BCUT2D eigenvalue weighted by Crippen LogP contribution is -2.21. The van der Waals surface area contributed by atoms with E-state index in [9.17, 15) is 0 Å². The lowest BCUT2D eigenvalue weighted by atomic mass is 10.4. The van der Waals surface area contributed by atoms with Crippen molar-refractivity contribution in [3.63, 3.8) is 0 Å². The molecule has 15 heavy (non-hydrogen) atoms. The molecule has 0 atom stereocenters. The standard InChI is InChI=1S/C10H15N3S2/c11-10(14)8-7-12-9(15-8)3-6-13-4-1-2-5-13/h7H,1-6H2,(H2,11,14). The van der Waals surface area contributed by atoms with Crippen LogP contribution in [-0.4, -0.2) is 34.5 Å². The van der Waals surface area contributed by atoms with E-state index in [1.165, 1.54) is 25.9 Å². The van der Waals surface area contributed by atoms with Crippen LogP contribution in [0.5, 0.6) is 0 Å². The van der Waals surface area contributed by atoms with Crippen LogP contribution in [0.2, 0.25) is 0 Å². The third-order valence-electron chi connectivity index (χ3n) is 2.64. The first-order chi connectivity index (χ1) is 7.25. The van der Waals surface area contributed by atoms with Crippen LogP contribution in [0.1, 0.15) is 22.7 Å². The first-order valence-corrected chi connectivity index (χ1v) is 6.45. The molecule has 1 aliphatic rings. The molecule has 0 amide bonds. The first-order valence-electron chi connectivity index (χ1n) is 5.22. The van der Waals surface area contributed by atoms with E-state index in [2.05, 4.69) is 9.88 Å². The second-order valence-corrected chi connectivity index (χ2v) is 5.34. The van der Waals surface area contributed by atoms with E-state index in [4.69, 9.17) is 18.0 Å². The highest BCUT2D eigenvalue weighted by Gasteiger charge is 2.12. The fourth-order valence-corrected chi connectivity index (χ4v) is 2.74. The van der Waals surface area contributed by atoms with Crippen molar-refractivity contribution in [1.29, 1.82) is 0 Å². The second-order valence-electron chi connectivity index (χ2n) is 3.78. The summed E-state index contributed by atoms with van der Waals surface area (Å²) < 4.78 is 0. The Morgan fingerprint density at radius 3 is 2.87 bits per heavy atom. The Bertz CT molecular complexity index is 342. The van der Waals surface area contributed by atoms with Crippen LogP contribution in [0, 0.1) is 0 Å². The first kappa shape index (κ1) is 11.0. The van der Waals surface area contributed by atoms with E-state index in [-0.39, 0.29) is 0 Å². The molecular weight excluding hydrogens is 226 g/mol. The minimum atomic E-state index is 0.458. The fourth-order valence-electron chi connectivity index (χ4n) is 1.80. The molecule has 1 saturated heterocycles. The molecule has 2 N–H and O–H groups in total. The van der Waals surface area contributed by atoms with E-state index in [0.29, 0.717) is 4.99 Å². The predicted molar refractivity (Wildman–Crippen MR) is 67.4 cm³/mol. The Hall–Kier alpha value is -0.520. The normalized spacial score (nSPS) is 17.1. The number of hydrogen-bond donors (Lipinski definition) is 1. The van der Waals surface area contributed by atoms with Gasteiger partial charge in [-0.15, -0.1) is 11.3 Å². The van der Waals surface area contributed by atoms with Gasteiger partial charge in [-0.25, -0.2) is 4.98 Å². The monoisotopic (exact) mass is 241 g/mol. The van der Waals surface area contributed by atoms with Crippen molar-refractivity contribution in [1.82, 2.24) is 9.88 Å². The van der Waals surface area contributed by atoms with Gasteiger partial charge in [0, 0.05) is 19.2 Å². The van der Waals surface area contributed by atoms with Crippen LogP contribution in [0.4, 0.5) is 0 Å². The summed E-state index contributed by atoms with van der Waals surface area (Å²) in [6, 6.07) is 0. The zero-order chi connectivity index (χ0) is 10.7. The van der Waals surface area contributed by atoms with Gasteiger partial charge < -0.3 is 10.6 Å². The molecule has 1 aliphatic heterocycles. The lowest BCUT2D eigenvalue weighted by molar-refractivity contribution is 0.343. The Morgan fingerprint density at radius 1 is 1.53 bits per heavy atom. The van der Waals surface area contributed by atoms with Crippen molar-refractivity contribution in [2.24, 2.45) is 5.73 Å². The second kappa shape index (κ2) is 5.01. The Balaban J connectivity index is 1.84. The molecule has 1 aromatic heterocycles. The van der Waals surface area contributed by atoms with Gasteiger partial charge in [-0.2, -0.15) is 0 Å². The van der Waals surface area contributed by atoms with Crippen LogP contribution in [-0.2, 0) is 6.42 Å². The number of hydrogen-bond acceptors (Lipinski definition) is 4. The topological polar surface area (TPSA) is 42.1 Å². The lowest BCUT2D eigenvalue weighted by Gasteiger charge is -2.12. The third-order valence-corrected chi connectivity index (χ3v) is 4.08. The molecular formula is C10H15N3S2. The fraction of sp³-hybridized carbons (Fsp3) is 0.600. The maximum absolute atomic E-state index is 5.54. The largest absolute Gasteiger partial charge is 0.389 e. The Kier molecular flexibility index (Phi) is 3.66. The van der Waals surface area contributed by atoms with E-state index in [1.807, 2.05) is 0 Å². The van der Waals surface area contributed by atoms with E-state index >= 15 is 0 Å². The average molecular weight is 241 g/mol. The summed E-state index contributed by atoms with van der Waals surface area (Å²) in [5, 5.41) is 1.14. The van der Waals surface area contributed by atoms with Crippen LogP contribution in [0.15, 0.2) is 6.20 Å². The van der Waals surface area contributed by atoms with Gasteiger partial charge in [-0.1, -0.05) is 12.2 Å². The molecule has 0 aromatic carbocycles. The van der Waals surface area contributed by atoms with Gasteiger partial charge in [0.25, 0.3) is 0 Å². The van der Waals surface area contributed by atoms with Crippen molar-refractivity contribution in [3.8, 4) is 0 Å². The molecule has 1 aromatic rings. The molecule has 0 bridgehead atoms. The number of thiocarbonyl (C=S) groups is 1. The number of nitrogens with zero attached hydrogens (tertiary/aromatic N) is 2. The molecule has 0 aliphatic carbocycles. The van der Waals surface area contributed by atoms with Gasteiger partial charge in [0.1, 0.15) is 4.99 Å². The minimum absolute atomic E-state index is 0.458. The van der Waals surface area contributed by atoms with Crippen LogP contribution in [0.3, 0.4) is 0 Å². The molecule has 2 rings (SSSR count). The molecule has 0 radical (unpaired) electrons. The average Bonchev–Trinajstić information content (AvgIpc) is 2.86. The smallest absolute Gasteiger partial charge is 0.115 e. The van der Waals surface area contributed by atoms with Crippen molar-refractivity contribution < 1.29 is 0 Å². The SMILES string of the molecule is NC(=S)c1cnc(CCN2CCCC2)s1. The summed E-state index contributed by atoms with van der Waals surface area (Å²) in [5.74, 6) is 0. The van der Waals surface area contributed by atoms with E-state index < -0.39 is 0 Å². The maximum atomic E-state index is 5.54. The van der Waals surface area contributed by atoms with Crippen molar-refractivity contribution in [2.75, 3.05) is 19.6 Å². The zero-order valence-electron chi connectivity index (χ0n) is 8.61. The van der Waals surface area contributed by atoms with Crippen LogP contribution < -0.4 is 5.73 Å². The van der Waals surface area contributed by atoms with Crippen LogP contribution >= 0.6 is 23.6 Å². The Morgan fingerprint density at radius 2 is 2.27 bits per heavy atom. The highest BCUT2D eigenvalue weighted by Crippen LogP contribution is 2.15. The van der Waals surface area contributed by atoms with Crippen molar-refractivity contribution in [2.45, 2.75) is 19.3 Å². The van der Waals surface area contributed by atoms with Gasteiger partial charge >= 0.3 is 0 Å². The summed E-state index contributed by atoms with van der Waals surface area (Å²) in [7, 11) is 0. The maximum Gasteiger partial charge on any atom is 0.115 e. The summed E-state index contributed by atoms with van der Waals surface area (Å²) in [6.07, 6.45) is 5.49. The van der Waals surface area contributed by atoms with E-state index in [1.54, 1.807) is 17.5 Å². The molecule has 0 spiro atoms. The quantitative estimate of drug-likeness (QED) is 0.810. The number of nitrogens with two attached hydrogens (primary N) is 1. The minimum Gasteiger partial charge on any atom is -0.389 e. The molecule has 2 heterocycles. The van der Waals surface area contributed by atoms with Crippen molar-refractivity contribution in [3.05, 3.63) is 16.1 Å². The van der Waals surface area contributed by atoms with Crippen LogP contribution in [0.25, 0.3) is 0 Å². The summed E-state index contributed by atoms with van der Waals surface area (Å²) in [5.41, 5.74) is 5.54. The van der Waals surface area contributed by atoms with Gasteiger partial charge in [0.05, 0.1) is 9.88 Å². The predicted octanol–water partition coefficient (Wildman–Crippen LogP) is 1.42. The summed E-state index contributed by atoms with van der Waals surface area (Å²) in [4.78, 5) is 8.20. The van der Waals surface area contributed by atoms with Gasteiger partial charge in [-0.05, 0) is 25.9 Å². The highest BCUT2D eigenvalue weighted by molar-refractivity contribution is 7.81. The zero-order valence-corrected chi connectivity index (χ0v) is 10.2. The van der Waals surface area contributed by atoms with Gasteiger partial charge in [0.15, 0.2) is 0 Å². The van der Waals surface area contributed by atoms with Gasteiger partial charge in [-0.3, -0.25) is 0 Å². The van der Waals surface area contributed by atoms with E-state index in [0.717, 1.165) is 22.9 Å². The Labute approximate surface area is 99.3 Å². The van der Waals surface area contributed by atoms with Gasteiger partial charge in [0.2, 0.25) is 0 Å². The number of aromatic nitrogens is 1. The highest BCUT2D eigenvalue weighted by atomic mass is 32.1. The number of rotatable bonds is 4. The molecule has 5 heteroatoms. The summed E-state index contributed by atoms with van der Waals surface area (Å²) in [6.45, 7) is 3.60. The molecule has 0 unspecified atom stereocenters. The summed E-state index contributed by atoms with van der Waals surface area (Å²) >= 11 is 6.52. The molecule has 0 saturated carbocycles. The number of likely N-dealkylation sites (tertiary alicyclic amines) is 1. The third kappa shape index (κ3) is 2.96.